The van der Waals surface area contributed by atoms with Gasteiger partial charge < -0.3 is 10.5 Å². The number of halogens is 2. The first-order chi connectivity index (χ1) is 9.77. The van der Waals surface area contributed by atoms with Crippen LogP contribution >= 0.6 is 15.9 Å². The molecule has 0 amide bonds. The summed E-state index contributed by atoms with van der Waals surface area (Å²) in [5, 5.41) is 0. The molecule has 1 aromatic carbocycles. The molecule has 0 atom stereocenters. The number of esters is 1. The number of sulfonamides is 1. The van der Waals surface area contributed by atoms with Gasteiger partial charge >= 0.3 is 5.97 Å². The maximum Gasteiger partial charge on any atom is 0.305 e. The van der Waals surface area contributed by atoms with Crippen molar-refractivity contribution < 1.29 is 22.3 Å². The Morgan fingerprint density at radius 1 is 1.48 bits per heavy atom. The molecule has 1 aromatic rings. The van der Waals surface area contributed by atoms with Crippen LogP contribution in [0, 0.1) is 5.82 Å². The van der Waals surface area contributed by atoms with Crippen molar-refractivity contribution in [3.63, 3.8) is 0 Å². The highest BCUT2D eigenvalue weighted by atomic mass is 79.9. The minimum absolute atomic E-state index is 0.00333. The minimum atomic E-state index is -3.86. The number of ether oxygens (including phenoxy) is 1. The SMILES string of the molecule is CCOC(=O)CCCNS(=O)(=O)c1cc(Br)c(F)cc1N. The number of hydrogen-bond donors (Lipinski definition) is 2. The number of carbonyl (C=O) groups excluding carboxylic acids is 1. The lowest BCUT2D eigenvalue weighted by Crippen LogP contribution is -2.26. The Morgan fingerprint density at radius 3 is 2.76 bits per heavy atom. The summed E-state index contributed by atoms with van der Waals surface area (Å²) in [5.41, 5.74) is 5.33. The van der Waals surface area contributed by atoms with E-state index in [-0.39, 0.29) is 40.6 Å². The van der Waals surface area contributed by atoms with E-state index < -0.39 is 15.8 Å². The van der Waals surface area contributed by atoms with Gasteiger partial charge in [0.25, 0.3) is 0 Å². The molecule has 0 aliphatic rings. The highest BCUT2D eigenvalue weighted by Gasteiger charge is 2.19. The van der Waals surface area contributed by atoms with Crippen LogP contribution in [0.2, 0.25) is 0 Å². The molecule has 0 bridgehead atoms. The van der Waals surface area contributed by atoms with Crippen molar-refractivity contribution in [2.75, 3.05) is 18.9 Å². The molecule has 6 nitrogen and oxygen atoms in total. The second-order valence-electron chi connectivity index (χ2n) is 4.11. The standard InChI is InChI=1S/C12H16BrFN2O4S/c1-2-20-12(17)4-3-5-16-21(18,19)11-6-8(13)9(14)7-10(11)15/h6-7,16H,2-5,15H2,1H3. The van der Waals surface area contributed by atoms with Gasteiger partial charge in [-0.15, -0.1) is 0 Å². The molecule has 3 N–H and O–H groups in total. The molecule has 0 saturated carbocycles. The van der Waals surface area contributed by atoms with E-state index >= 15 is 0 Å². The molecule has 0 saturated heterocycles. The molecule has 0 spiro atoms. The number of nitrogen functional groups attached to an aromatic ring is 1. The number of hydrogen-bond acceptors (Lipinski definition) is 5. The third kappa shape index (κ3) is 5.25. The summed E-state index contributed by atoms with van der Waals surface area (Å²) in [6.45, 7) is 2.02. The van der Waals surface area contributed by atoms with Gasteiger partial charge in [-0.2, -0.15) is 0 Å². The fourth-order valence-corrected chi connectivity index (χ4v) is 3.23. The quantitative estimate of drug-likeness (QED) is 0.425. The summed E-state index contributed by atoms with van der Waals surface area (Å²) in [5.74, 6) is -1.03. The Balaban J connectivity index is 2.66. The molecule has 0 radical (unpaired) electrons. The maximum atomic E-state index is 13.2. The number of nitrogens with one attached hydrogen (secondary N) is 1. The third-order valence-electron chi connectivity index (χ3n) is 2.50. The molecule has 118 valence electrons. The zero-order chi connectivity index (χ0) is 16.0. The van der Waals surface area contributed by atoms with Gasteiger partial charge in [0.1, 0.15) is 10.7 Å². The predicted molar refractivity (Wildman–Crippen MR) is 79.6 cm³/mol. The largest absolute Gasteiger partial charge is 0.466 e. The molecule has 1 rings (SSSR count). The van der Waals surface area contributed by atoms with Crippen LogP contribution in [0.1, 0.15) is 19.8 Å². The van der Waals surface area contributed by atoms with E-state index in [0.717, 1.165) is 12.1 Å². The first-order valence-corrected chi connectivity index (χ1v) is 8.45. The molecule has 0 fully saturated rings. The molecular weight excluding hydrogens is 367 g/mol. The van der Waals surface area contributed by atoms with Crippen molar-refractivity contribution in [1.29, 1.82) is 0 Å². The zero-order valence-corrected chi connectivity index (χ0v) is 13.8. The monoisotopic (exact) mass is 382 g/mol. The number of carbonyl (C=O) groups is 1. The van der Waals surface area contributed by atoms with E-state index in [1.54, 1.807) is 6.92 Å². The third-order valence-corrected chi connectivity index (χ3v) is 4.62. The first-order valence-electron chi connectivity index (χ1n) is 6.17. The van der Waals surface area contributed by atoms with Crippen molar-refractivity contribution in [2.45, 2.75) is 24.7 Å². The summed E-state index contributed by atoms with van der Waals surface area (Å²) >= 11 is 2.91. The Morgan fingerprint density at radius 2 is 2.14 bits per heavy atom. The number of rotatable bonds is 7. The van der Waals surface area contributed by atoms with E-state index in [1.165, 1.54) is 0 Å². The normalized spacial score (nSPS) is 11.4. The fourth-order valence-electron chi connectivity index (χ4n) is 1.53. The van der Waals surface area contributed by atoms with E-state index in [1.807, 2.05) is 0 Å². The Bertz CT molecular complexity index is 622. The van der Waals surface area contributed by atoms with Gasteiger partial charge in [0.15, 0.2) is 0 Å². The molecule has 21 heavy (non-hydrogen) atoms. The Kier molecular flexibility index (Phi) is 6.56. The van der Waals surface area contributed by atoms with Crippen molar-refractivity contribution in [3.8, 4) is 0 Å². The van der Waals surface area contributed by atoms with E-state index in [4.69, 9.17) is 10.5 Å². The lowest BCUT2D eigenvalue weighted by Gasteiger charge is -2.10. The molecular formula is C12H16BrFN2O4S. The van der Waals surface area contributed by atoms with Crippen LogP contribution in [-0.4, -0.2) is 27.5 Å². The lowest BCUT2D eigenvalue weighted by atomic mass is 10.3. The van der Waals surface area contributed by atoms with Crippen molar-refractivity contribution in [1.82, 2.24) is 4.72 Å². The summed E-state index contributed by atoms with van der Waals surface area (Å²) in [6, 6.07) is 2.02. The zero-order valence-electron chi connectivity index (χ0n) is 11.4. The maximum absolute atomic E-state index is 13.2. The van der Waals surface area contributed by atoms with E-state index in [0.29, 0.717) is 6.42 Å². The van der Waals surface area contributed by atoms with Crippen molar-refractivity contribution in [2.24, 2.45) is 0 Å². The Hall–Kier alpha value is -1.19. The smallest absolute Gasteiger partial charge is 0.305 e. The predicted octanol–water partition coefficient (Wildman–Crippen LogP) is 1.79. The van der Waals surface area contributed by atoms with E-state index in [2.05, 4.69) is 20.7 Å². The van der Waals surface area contributed by atoms with Crippen LogP contribution in [0.15, 0.2) is 21.5 Å². The number of anilines is 1. The molecule has 0 aromatic heterocycles. The van der Waals surface area contributed by atoms with Crippen LogP contribution in [0.25, 0.3) is 0 Å². The van der Waals surface area contributed by atoms with Crippen LogP contribution < -0.4 is 10.5 Å². The minimum Gasteiger partial charge on any atom is -0.466 e. The van der Waals surface area contributed by atoms with Gasteiger partial charge in [-0.05, 0) is 41.4 Å². The summed E-state index contributed by atoms with van der Waals surface area (Å²) in [4.78, 5) is 10.9. The van der Waals surface area contributed by atoms with Crippen LogP contribution in [0.3, 0.4) is 0 Å². The lowest BCUT2D eigenvalue weighted by molar-refractivity contribution is -0.143. The molecule has 0 unspecified atom stereocenters. The molecule has 0 heterocycles. The first kappa shape index (κ1) is 17.9. The van der Waals surface area contributed by atoms with Gasteiger partial charge in [0.05, 0.1) is 16.8 Å². The van der Waals surface area contributed by atoms with Crippen LogP contribution in [-0.2, 0) is 19.6 Å². The number of benzene rings is 1. The number of nitrogens with two attached hydrogens (primary N) is 1. The van der Waals surface area contributed by atoms with Crippen LogP contribution in [0.5, 0.6) is 0 Å². The van der Waals surface area contributed by atoms with Crippen LogP contribution in [0.4, 0.5) is 10.1 Å². The topological polar surface area (TPSA) is 98.5 Å². The molecule has 0 aliphatic heterocycles. The summed E-state index contributed by atoms with van der Waals surface area (Å²) in [6.07, 6.45) is 0.402. The average molecular weight is 383 g/mol. The second-order valence-corrected chi connectivity index (χ2v) is 6.70. The highest BCUT2D eigenvalue weighted by Crippen LogP contribution is 2.25. The van der Waals surface area contributed by atoms with Gasteiger partial charge in [0, 0.05) is 13.0 Å². The second kappa shape index (κ2) is 7.71. The van der Waals surface area contributed by atoms with Gasteiger partial charge in [-0.1, -0.05) is 0 Å². The molecule has 9 heteroatoms. The van der Waals surface area contributed by atoms with Gasteiger partial charge in [-0.25, -0.2) is 17.5 Å². The average Bonchev–Trinajstić information content (AvgIpc) is 2.39. The van der Waals surface area contributed by atoms with E-state index in [9.17, 15) is 17.6 Å². The summed E-state index contributed by atoms with van der Waals surface area (Å²) < 4.78 is 44.3. The van der Waals surface area contributed by atoms with Crippen molar-refractivity contribution >= 4 is 37.6 Å². The Labute approximate surface area is 131 Å². The fraction of sp³-hybridized carbons (Fsp3) is 0.417. The highest BCUT2D eigenvalue weighted by molar-refractivity contribution is 9.10. The van der Waals surface area contributed by atoms with Crippen molar-refractivity contribution in [3.05, 3.63) is 22.4 Å². The van der Waals surface area contributed by atoms with Gasteiger partial charge in [0.2, 0.25) is 10.0 Å². The summed E-state index contributed by atoms with van der Waals surface area (Å²) in [7, 11) is -3.86. The molecule has 0 aliphatic carbocycles. The van der Waals surface area contributed by atoms with Gasteiger partial charge in [-0.3, -0.25) is 4.79 Å².